The normalized spacial score (nSPS) is 16.7. The molecule has 1 fully saturated rings. The molecule has 1 aliphatic rings. The Balaban J connectivity index is 0.00000338. The first kappa shape index (κ1) is 23.2. The van der Waals surface area contributed by atoms with Gasteiger partial charge < -0.3 is 15.7 Å². The van der Waals surface area contributed by atoms with Gasteiger partial charge in [-0.3, -0.25) is 9.89 Å². The van der Waals surface area contributed by atoms with Crippen LogP contribution in [0.2, 0.25) is 0 Å². The van der Waals surface area contributed by atoms with E-state index in [1.807, 2.05) is 0 Å². The minimum Gasteiger partial charge on any atom is -0.396 e. The number of nitrogens with zero attached hydrogens (tertiary/aromatic N) is 2. The lowest BCUT2D eigenvalue weighted by molar-refractivity contribution is 0.215. The molecule has 148 valence electrons. The third-order valence-electron chi connectivity index (χ3n) is 5.11. The fourth-order valence-corrected chi connectivity index (χ4v) is 3.12. The van der Waals surface area contributed by atoms with Gasteiger partial charge in [0.1, 0.15) is 0 Å². The monoisotopic (exact) mass is 474 g/mol. The SMILES string of the molecule is CCNC(=NCC1(CO)CC1)NCC(c1ccccc1)N(CC)CC.I. The Bertz CT molecular complexity index is 530. The number of rotatable bonds is 10. The number of likely N-dealkylation sites (N-methyl/N-ethyl adjacent to an activating group) is 1. The van der Waals surface area contributed by atoms with Crippen LogP contribution in [-0.4, -0.2) is 55.3 Å². The Hall–Kier alpha value is -0.860. The van der Waals surface area contributed by atoms with Gasteiger partial charge in [-0.25, -0.2) is 0 Å². The van der Waals surface area contributed by atoms with E-state index >= 15 is 0 Å². The summed E-state index contributed by atoms with van der Waals surface area (Å²) in [4.78, 5) is 7.17. The van der Waals surface area contributed by atoms with E-state index in [2.05, 4.69) is 66.6 Å². The molecule has 0 aromatic heterocycles. The maximum Gasteiger partial charge on any atom is 0.191 e. The second kappa shape index (κ2) is 11.8. The minimum atomic E-state index is 0. The first-order chi connectivity index (χ1) is 12.2. The summed E-state index contributed by atoms with van der Waals surface area (Å²) in [6.45, 7) is 11.1. The highest BCUT2D eigenvalue weighted by Crippen LogP contribution is 2.45. The van der Waals surface area contributed by atoms with Crippen molar-refractivity contribution < 1.29 is 5.11 Å². The van der Waals surface area contributed by atoms with E-state index in [0.29, 0.717) is 12.6 Å². The first-order valence-corrected chi connectivity index (χ1v) is 9.60. The van der Waals surface area contributed by atoms with Crippen LogP contribution in [0.25, 0.3) is 0 Å². The molecule has 6 heteroatoms. The van der Waals surface area contributed by atoms with Crippen LogP contribution in [0.5, 0.6) is 0 Å². The van der Waals surface area contributed by atoms with Crippen molar-refractivity contribution in [2.24, 2.45) is 10.4 Å². The third kappa shape index (κ3) is 6.70. The summed E-state index contributed by atoms with van der Waals surface area (Å²) < 4.78 is 0. The first-order valence-electron chi connectivity index (χ1n) is 9.60. The summed E-state index contributed by atoms with van der Waals surface area (Å²) >= 11 is 0. The van der Waals surface area contributed by atoms with Crippen molar-refractivity contribution in [3.63, 3.8) is 0 Å². The molecule has 1 aromatic carbocycles. The summed E-state index contributed by atoms with van der Waals surface area (Å²) in [5.41, 5.74) is 1.36. The minimum absolute atomic E-state index is 0. The molecule has 0 spiro atoms. The highest BCUT2D eigenvalue weighted by molar-refractivity contribution is 14.0. The predicted molar refractivity (Wildman–Crippen MR) is 120 cm³/mol. The van der Waals surface area contributed by atoms with Crippen LogP contribution in [0, 0.1) is 5.41 Å². The Labute approximate surface area is 175 Å². The number of hydrogen-bond acceptors (Lipinski definition) is 3. The number of nitrogens with one attached hydrogen (secondary N) is 2. The maximum atomic E-state index is 9.49. The molecule has 26 heavy (non-hydrogen) atoms. The van der Waals surface area contributed by atoms with Crippen LogP contribution in [0.3, 0.4) is 0 Å². The van der Waals surface area contributed by atoms with Gasteiger partial charge in [0.15, 0.2) is 5.96 Å². The summed E-state index contributed by atoms with van der Waals surface area (Å²) in [6, 6.07) is 11.0. The lowest BCUT2D eigenvalue weighted by atomic mass is 10.1. The molecule has 0 aliphatic heterocycles. The summed E-state index contributed by atoms with van der Waals surface area (Å²) in [7, 11) is 0. The molecule has 5 nitrogen and oxygen atoms in total. The van der Waals surface area contributed by atoms with Crippen LogP contribution >= 0.6 is 24.0 Å². The Kier molecular flexibility index (Phi) is 10.5. The molecule has 1 atom stereocenters. The van der Waals surface area contributed by atoms with Gasteiger partial charge in [0.2, 0.25) is 0 Å². The van der Waals surface area contributed by atoms with E-state index < -0.39 is 0 Å². The van der Waals surface area contributed by atoms with Gasteiger partial charge >= 0.3 is 0 Å². The van der Waals surface area contributed by atoms with Gasteiger partial charge in [-0.15, -0.1) is 24.0 Å². The molecule has 1 unspecified atom stereocenters. The van der Waals surface area contributed by atoms with Gasteiger partial charge in [0.05, 0.1) is 19.2 Å². The van der Waals surface area contributed by atoms with Crippen molar-refractivity contribution in [2.45, 2.75) is 39.7 Å². The fraction of sp³-hybridized carbons (Fsp3) is 0.650. The van der Waals surface area contributed by atoms with E-state index in [1.54, 1.807) is 0 Å². The smallest absolute Gasteiger partial charge is 0.191 e. The molecular formula is C20H35IN4O. The Morgan fingerprint density at radius 2 is 1.81 bits per heavy atom. The third-order valence-corrected chi connectivity index (χ3v) is 5.11. The number of benzene rings is 1. The number of aliphatic hydroxyl groups is 1. The van der Waals surface area contributed by atoms with Crippen LogP contribution in [-0.2, 0) is 0 Å². The number of aliphatic hydroxyl groups excluding tert-OH is 1. The number of guanidine groups is 1. The average Bonchev–Trinajstić information content (AvgIpc) is 3.44. The highest BCUT2D eigenvalue weighted by atomic mass is 127. The zero-order valence-electron chi connectivity index (χ0n) is 16.4. The number of aliphatic imine (C=N–C) groups is 1. The van der Waals surface area contributed by atoms with Gasteiger partial charge in [0, 0.05) is 18.5 Å². The molecule has 0 heterocycles. The molecule has 0 radical (unpaired) electrons. The Morgan fingerprint density at radius 1 is 1.15 bits per heavy atom. The summed E-state index contributed by atoms with van der Waals surface area (Å²) in [5.74, 6) is 0.843. The standard InChI is InChI=1S/C20H34N4O.HI/c1-4-21-19(23-15-20(16-25)12-13-20)22-14-18(24(5-2)6-3)17-10-8-7-9-11-17;/h7-11,18,25H,4-6,12-16H2,1-3H3,(H2,21,22,23);1H. The molecule has 1 aromatic rings. The molecule has 1 saturated carbocycles. The maximum absolute atomic E-state index is 9.49. The van der Waals surface area contributed by atoms with E-state index in [-0.39, 0.29) is 36.0 Å². The van der Waals surface area contributed by atoms with Gasteiger partial charge in [-0.05, 0) is 38.4 Å². The van der Waals surface area contributed by atoms with Crippen molar-refractivity contribution in [3.05, 3.63) is 35.9 Å². The van der Waals surface area contributed by atoms with E-state index in [4.69, 9.17) is 4.99 Å². The van der Waals surface area contributed by atoms with E-state index in [0.717, 1.165) is 45.0 Å². The second-order valence-corrected chi connectivity index (χ2v) is 6.88. The molecule has 3 N–H and O–H groups in total. The summed E-state index contributed by atoms with van der Waals surface area (Å²) in [6.07, 6.45) is 2.16. The fourth-order valence-electron chi connectivity index (χ4n) is 3.12. The van der Waals surface area contributed by atoms with E-state index in [1.165, 1.54) is 5.56 Å². The largest absolute Gasteiger partial charge is 0.396 e. The van der Waals surface area contributed by atoms with Crippen LogP contribution in [0.15, 0.2) is 35.3 Å². The second-order valence-electron chi connectivity index (χ2n) is 6.88. The van der Waals surface area contributed by atoms with Crippen LogP contribution in [0.1, 0.15) is 45.2 Å². The van der Waals surface area contributed by atoms with Gasteiger partial charge in [-0.1, -0.05) is 44.2 Å². The Morgan fingerprint density at radius 3 is 2.31 bits per heavy atom. The quantitative estimate of drug-likeness (QED) is 0.277. The van der Waals surface area contributed by atoms with Crippen molar-refractivity contribution in [2.75, 3.05) is 39.3 Å². The highest BCUT2D eigenvalue weighted by Gasteiger charge is 2.41. The average molecular weight is 474 g/mol. The predicted octanol–water partition coefficient (Wildman–Crippen LogP) is 3.02. The number of hydrogen-bond donors (Lipinski definition) is 3. The molecule has 0 bridgehead atoms. The van der Waals surface area contributed by atoms with Gasteiger partial charge in [0.25, 0.3) is 0 Å². The van der Waals surface area contributed by atoms with Crippen LogP contribution < -0.4 is 10.6 Å². The van der Waals surface area contributed by atoms with Crippen molar-refractivity contribution in [3.8, 4) is 0 Å². The lowest BCUT2D eigenvalue weighted by Crippen LogP contribution is -2.43. The zero-order chi connectivity index (χ0) is 18.1. The topological polar surface area (TPSA) is 59.9 Å². The summed E-state index contributed by atoms with van der Waals surface area (Å²) in [5, 5.41) is 16.3. The molecule has 1 aliphatic carbocycles. The zero-order valence-corrected chi connectivity index (χ0v) is 18.7. The molecule has 0 amide bonds. The molecular weight excluding hydrogens is 439 g/mol. The molecule has 2 rings (SSSR count). The van der Waals surface area contributed by atoms with Crippen molar-refractivity contribution in [1.82, 2.24) is 15.5 Å². The number of halogens is 1. The van der Waals surface area contributed by atoms with Gasteiger partial charge in [-0.2, -0.15) is 0 Å². The lowest BCUT2D eigenvalue weighted by Gasteiger charge is -2.31. The van der Waals surface area contributed by atoms with E-state index in [9.17, 15) is 5.11 Å². The van der Waals surface area contributed by atoms with Crippen LogP contribution in [0.4, 0.5) is 0 Å². The van der Waals surface area contributed by atoms with Crippen molar-refractivity contribution >= 4 is 29.9 Å². The molecule has 0 saturated heterocycles. The van der Waals surface area contributed by atoms with Crippen molar-refractivity contribution in [1.29, 1.82) is 0 Å².